The fourth-order valence-corrected chi connectivity index (χ4v) is 6.75. The van der Waals surface area contributed by atoms with Crippen LogP contribution in [0.25, 0.3) is 22.3 Å². The van der Waals surface area contributed by atoms with Crippen molar-refractivity contribution in [3.05, 3.63) is 98.4 Å². The summed E-state index contributed by atoms with van der Waals surface area (Å²) in [5, 5.41) is 6.14. The number of fused-ring (bicyclic) bond motifs is 2. The molecule has 3 N–H and O–H groups in total. The predicted molar refractivity (Wildman–Crippen MR) is 184 cm³/mol. The number of benzene rings is 3. The quantitative estimate of drug-likeness (QED) is 0.191. The number of para-hydroxylation sites is 1. The van der Waals surface area contributed by atoms with Crippen LogP contribution in [0.3, 0.4) is 0 Å². The van der Waals surface area contributed by atoms with E-state index in [4.69, 9.17) is 21.6 Å². The summed E-state index contributed by atoms with van der Waals surface area (Å²) in [6, 6.07) is 13.0. The van der Waals surface area contributed by atoms with Gasteiger partial charge < -0.3 is 20.5 Å². The first-order chi connectivity index (χ1) is 23.5. The first kappa shape index (κ1) is 32.3. The number of nitrogens with zero attached hydrogens (tertiary/aromatic N) is 5. The highest BCUT2D eigenvalue weighted by molar-refractivity contribution is 6.31. The number of imidazole rings is 1. The second-order valence-electron chi connectivity index (χ2n) is 12.6. The lowest BCUT2D eigenvalue weighted by Crippen LogP contribution is -2.44. The van der Waals surface area contributed by atoms with Gasteiger partial charge in [0.2, 0.25) is 5.95 Å². The van der Waals surface area contributed by atoms with Gasteiger partial charge in [0.25, 0.3) is 5.91 Å². The Labute approximate surface area is 284 Å². The fraction of sp³-hybridized carbons (Fsp3) is 0.286. The van der Waals surface area contributed by atoms with E-state index in [-0.39, 0.29) is 42.0 Å². The third kappa shape index (κ3) is 5.88. The van der Waals surface area contributed by atoms with Crippen molar-refractivity contribution in [2.24, 2.45) is 0 Å². The van der Waals surface area contributed by atoms with Crippen molar-refractivity contribution in [1.29, 1.82) is 0 Å². The van der Waals surface area contributed by atoms with Crippen LogP contribution >= 0.6 is 11.6 Å². The Balaban J connectivity index is 1.33. The van der Waals surface area contributed by atoms with E-state index in [2.05, 4.69) is 15.6 Å². The largest absolute Gasteiger partial charge is 0.350 e. The standard InChI is InChI=1S/C35H33ClF2N8O3/c1-18(2)40-32(47)20-8-7-19(3)23(15-20)29-24-17-39-34(48)46(30-25(37)5-4-6-26(30)38)31(24)43-33(42-29)44-13-11-22(12-14-44)45-28-10-9-21(36)16-27(28)41-35(45)49/h4-10,15-16,18,22H,11-14,17H2,1-3H3,(H,39,48)(H,40,47)(H,41,49). The Morgan fingerprint density at radius 3 is 2.47 bits per heavy atom. The number of halogens is 3. The van der Waals surface area contributed by atoms with E-state index in [1.165, 1.54) is 6.07 Å². The van der Waals surface area contributed by atoms with Crippen LogP contribution in [-0.4, -0.2) is 50.6 Å². The number of hydrogen-bond acceptors (Lipinski definition) is 6. The summed E-state index contributed by atoms with van der Waals surface area (Å²) >= 11 is 6.15. The first-order valence-corrected chi connectivity index (χ1v) is 16.4. The number of carbonyl (C=O) groups excluding carboxylic acids is 2. The maximum Gasteiger partial charge on any atom is 0.328 e. The Hall–Kier alpha value is -5.30. The number of aryl methyl sites for hydroxylation is 1. The zero-order valence-corrected chi connectivity index (χ0v) is 27.7. The predicted octanol–water partition coefficient (Wildman–Crippen LogP) is 6.37. The molecule has 2 aliphatic heterocycles. The first-order valence-electron chi connectivity index (χ1n) is 16.0. The molecule has 3 amide bonds. The van der Waals surface area contributed by atoms with Crippen LogP contribution in [0.2, 0.25) is 5.02 Å². The van der Waals surface area contributed by atoms with Crippen molar-refractivity contribution in [3.63, 3.8) is 0 Å². The number of hydrogen-bond donors (Lipinski definition) is 3. The summed E-state index contributed by atoms with van der Waals surface area (Å²) in [5.41, 5.74) is 3.30. The Kier molecular flexibility index (Phi) is 8.31. The zero-order chi connectivity index (χ0) is 34.6. The highest BCUT2D eigenvalue weighted by Crippen LogP contribution is 2.40. The van der Waals surface area contributed by atoms with Crippen LogP contribution in [0.1, 0.15) is 54.2 Å². The van der Waals surface area contributed by atoms with Gasteiger partial charge in [-0.3, -0.25) is 9.36 Å². The van der Waals surface area contributed by atoms with Gasteiger partial charge in [0.1, 0.15) is 17.3 Å². The summed E-state index contributed by atoms with van der Waals surface area (Å²) in [6.45, 7) is 6.51. The molecule has 0 radical (unpaired) electrons. The molecule has 49 heavy (non-hydrogen) atoms. The molecule has 5 aromatic rings. The minimum atomic E-state index is -0.931. The number of urea groups is 1. The normalized spacial score (nSPS) is 15.1. The molecule has 1 saturated heterocycles. The van der Waals surface area contributed by atoms with Gasteiger partial charge in [-0.1, -0.05) is 23.7 Å². The Morgan fingerprint density at radius 1 is 1.02 bits per heavy atom. The van der Waals surface area contributed by atoms with Gasteiger partial charge in [0.15, 0.2) is 5.82 Å². The molecule has 0 aliphatic carbocycles. The molecule has 0 atom stereocenters. The average Bonchev–Trinajstić information content (AvgIpc) is 3.39. The highest BCUT2D eigenvalue weighted by Gasteiger charge is 2.35. The molecule has 252 valence electrons. The molecule has 0 saturated carbocycles. The zero-order valence-electron chi connectivity index (χ0n) is 27.0. The maximum absolute atomic E-state index is 15.2. The third-order valence-corrected chi connectivity index (χ3v) is 9.17. The summed E-state index contributed by atoms with van der Waals surface area (Å²) in [7, 11) is 0. The van der Waals surface area contributed by atoms with Gasteiger partial charge in [-0.15, -0.1) is 0 Å². The molecule has 7 rings (SSSR count). The minimum absolute atomic E-state index is 0.00617. The smallest absolute Gasteiger partial charge is 0.328 e. The van der Waals surface area contributed by atoms with E-state index >= 15 is 8.78 Å². The molecule has 2 aliphatic rings. The van der Waals surface area contributed by atoms with E-state index in [1.54, 1.807) is 28.8 Å². The Bertz CT molecular complexity index is 2170. The fourth-order valence-electron chi connectivity index (χ4n) is 6.58. The number of piperidine rings is 1. The minimum Gasteiger partial charge on any atom is -0.350 e. The van der Waals surface area contributed by atoms with Gasteiger partial charge in [-0.2, -0.15) is 4.98 Å². The molecule has 0 unspecified atom stereocenters. The molecule has 3 aromatic carbocycles. The average molecular weight is 687 g/mol. The molecule has 1 fully saturated rings. The second kappa shape index (κ2) is 12.6. The lowest BCUT2D eigenvalue weighted by atomic mass is 9.97. The monoisotopic (exact) mass is 686 g/mol. The molecule has 11 nitrogen and oxygen atoms in total. The third-order valence-electron chi connectivity index (χ3n) is 8.93. The van der Waals surface area contributed by atoms with Crippen molar-refractivity contribution in [2.75, 3.05) is 22.9 Å². The molecule has 4 heterocycles. The van der Waals surface area contributed by atoms with Gasteiger partial charge in [0, 0.05) is 46.9 Å². The molecule has 2 aromatic heterocycles. The van der Waals surface area contributed by atoms with Crippen LogP contribution in [0.4, 0.5) is 31.0 Å². The Morgan fingerprint density at radius 2 is 1.76 bits per heavy atom. The van der Waals surface area contributed by atoms with Crippen LogP contribution < -0.4 is 26.1 Å². The van der Waals surface area contributed by atoms with Gasteiger partial charge in [-0.05, 0) is 81.6 Å². The molecule has 0 bridgehead atoms. The van der Waals surface area contributed by atoms with E-state index < -0.39 is 23.4 Å². The molecular weight excluding hydrogens is 654 g/mol. The lowest BCUT2D eigenvalue weighted by molar-refractivity contribution is 0.0943. The summed E-state index contributed by atoms with van der Waals surface area (Å²) < 4.78 is 32.2. The van der Waals surface area contributed by atoms with E-state index in [0.29, 0.717) is 58.9 Å². The van der Waals surface area contributed by atoms with Crippen LogP contribution in [0.15, 0.2) is 59.4 Å². The highest BCUT2D eigenvalue weighted by atomic mass is 35.5. The van der Waals surface area contributed by atoms with Gasteiger partial charge in [0.05, 0.1) is 23.3 Å². The van der Waals surface area contributed by atoms with Crippen LogP contribution in [-0.2, 0) is 6.54 Å². The van der Waals surface area contributed by atoms with Crippen LogP contribution in [0.5, 0.6) is 0 Å². The number of aromatic nitrogens is 4. The summed E-state index contributed by atoms with van der Waals surface area (Å²) in [5.74, 6) is -1.84. The van der Waals surface area contributed by atoms with Crippen molar-refractivity contribution in [3.8, 4) is 11.3 Å². The molecule has 14 heteroatoms. The number of nitrogens with one attached hydrogen (secondary N) is 3. The van der Waals surface area contributed by atoms with Crippen molar-refractivity contribution in [2.45, 2.75) is 52.2 Å². The summed E-state index contributed by atoms with van der Waals surface area (Å²) in [6.07, 6.45) is 1.14. The van der Waals surface area contributed by atoms with Crippen LogP contribution in [0, 0.1) is 18.6 Å². The lowest BCUT2D eigenvalue weighted by Gasteiger charge is -2.35. The van der Waals surface area contributed by atoms with Crippen molar-refractivity contribution in [1.82, 2.24) is 30.2 Å². The SMILES string of the molecule is Cc1ccc(C(=O)NC(C)C)cc1-c1nc(N2CCC(n3c(=O)[nH]c4cc(Cl)ccc43)CC2)nc2c1CNC(=O)N2c1c(F)cccc1F. The van der Waals surface area contributed by atoms with E-state index in [9.17, 15) is 14.4 Å². The maximum atomic E-state index is 15.2. The number of rotatable bonds is 6. The van der Waals surface area contributed by atoms with E-state index in [1.807, 2.05) is 37.8 Å². The van der Waals surface area contributed by atoms with Gasteiger partial charge in [-0.25, -0.2) is 28.3 Å². The van der Waals surface area contributed by atoms with Crippen molar-refractivity contribution >= 4 is 52.0 Å². The van der Waals surface area contributed by atoms with E-state index in [0.717, 1.165) is 28.1 Å². The number of anilines is 3. The number of carbonyl (C=O) groups is 2. The van der Waals surface area contributed by atoms with Crippen molar-refractivity contribution < 1.29 is 18.4 Å². The number of amides is 3. The molecule has 0 spiro atoms. The number of H-pyrrole nitrogens is 1. The second-order valence-corrected chi connectivity index (χ2v) is 13.0. The number of aromatic amines is 1. The summed E-state index contributed by atoms with van der Waals surface area (Å²) in [4.78, 5) is 54.9. The molecular formula is C35H33ClF2N8O3. The topological polar surface area (TPSA) is 128 Å². The van der Waals surface area contributed by atoms with Gasteiger partial charge >= 0.3 is 11.7 Å².